The summed E-state index contributed by atoms with van der Waals surface area (Å²) in [5.74, 6) is 1.71. The molecular formula is C23H29FN2OS. The fourth-order valence-corrected chi connectivity index (χ4v) is 4.25. The summed E-state index contributed by atoms with van der Waals surface area (Å²) in [4.78, 5) is 14.7. The number of nitrogens with one attached hydrogen (secondary N) is 1. The number of hydrogen-bond acceptors (Lipinski definition) is 3. The van der Waals surface area contributed by atoms with Crippen molar-refractivity contribution in [2.75, 3.05) is 23.7 Å². The molecule has 1 N–H and O–H groups in total. The molecule has 1 aliphatic rings. The van der Waals surface area contributed by atoms with E-state index in [0.717, 1.165) is 30.1 Å². The fourth-order valence-electron chi connectivity index (χ4n) is 3.45. The molecule has 150 valence electrons. The fraction of sp³-hybridized carbons (Fsp3) is 0.435. The maximum absolute atomic E-state index is 12.9. The highest BCUT2D eigenvalue weighted by atomic mass is 32.2. The second-order valence-corrected chi connectivity index (χ2v) is 8.66. The topological polar surface area (TPSA) is 32.3 Å². The molecule has 5 heteroatoms. The molecule has 0 saturated carbocycles. The van der Waals surface area contributed by atoms with Crippen molar-refractivity contribution in [1.29, 1.82) is 0 Å². The van der Waals surface area contributed by atoms with Crippen LogP contribution in [0.15, 0.2) is 48.5 Å². The zero-order valence-corrected chi connectivity index (χ0v) is 17.5. The monoisotopic (exact) mass is 400 g/mol. The minimum Gasteiger partial charge on any atom is -0.372 e. The van der Waals surface area contributed by atoms with Crippen LogP contribution < -0.4 is 10.2 Å². The molecule has 1 atom stereocenters. The zero-order valence-electron chi connectivity index (χ0n) is 16.7. The smallest absolute Gasteiger partial charge is 0.230 e. The molecule has 1 saturated heterocycles. The van der Waals surface area contributed by atoms with E-state index in [1.54, 1.807) is 12.1 Å². The van der Waals surface area contributed by atoms with Crippen LogP contribution in [0.1, 0.15) is 43.9 Å². The Balaban J connectivity index is 1.43. The zero-order chi connectivity index (χ0) is 19.9. The number of thioether (sulfide) groups is 1. The molecule has 3 rings (SSSR count). The van der Waals surface area contributed by atoms with Gasteiger partial charge in [-0.15, -0.1) is 11.8 Å². The highest BCUT2D eigenvalue weighted by Crippen LogP contribution is 2.24. The van der Waals surface area contributed by atoms with Gasteiger partial charge in [0.15, 0.2) is 0 Å². The van der Waals surface area contributed by atoms with Crippen LogP contribution in [0.3, 0.4) is 0 Å². The van der Waals surface area contributed by atoms with Crippen molar-refractivity contribution >= 4 is 23.4 Å². The largest absolute Gasteiger partial charge is 0.372 e. The summed E-state index contributed by atoms with van der Waals surface area (Å²) in [6.07, 6.45) is 2.51. The Morgan fingerprint density at radius 3 is 2.43 bits per heavy atom. The van der Waals surface area contributed by atoms with E-state index in [4.69, 9.17) is 0 Å². The molecule has 1 heterocycles. The normalized spacial score (nSPS) is 16.0. The lowest BCUT2D eigenvalue weighted by Gasteiger charge is -2.32. The molecule has 0 spiro atoms. The van der Waals surface area contributed by atoms with Gasteiger partial charge in [0.2, 0.25) is 5.91 Å². The lowest BCUT2D eigenvalue weighted by Crippen LogP contribution is -2.32. The number of rotatable bonds is 7. The summed E-state index contributed by atoms with van der Waals surface area (Å²) < 4.78 is 12.9. The molecule has 0 aromatic heterocycles. The van der Waals surface area contributed by atoms with Crippen LogP contribution in [0, 0.1) is 11.7 Å². The molecule has 3 nitrogen and oxygen atoms in total. The van der Waals surface area contributed by atoms with Gasteiger partial charge in [0.05, 0.1) is 11.8 Å². The first-order valence-corrected chi connectivity index (χ1v) is 11.1. The number of carbonyl (C=O) groups excluding carboxylic acids is 1. The number of anilines is 1. The van der Waals surface area contributed by atoms with Crippen LogP contribution in [0.5, 0.6) is 0 Å². The van der Waals surface area contributed by atoms with Gasteiger partial charge in [-0.2, -0.15) is 0 Å². The van der Waals surface area contributed by atoms with E-state index in [2.05, 4.69) is 41.4 Å². The lowest BCUT2D eigenvalue weighted by molar-refractivity contribution is -0.119. The van der Waals surface area contributed by atoms with Gasteiger partial charge in [-0.25, -0.2) is 4.39 Å². The molecule has 1 fully saturated rings. The van der Waals surface area contributed by atoms with Crippen molar-refractivity contribution in [1.82, 2.24) is 5.32 Å². The Morgan fingerprint density at radius 2 is 1.79 bits per heavy atom. The van der Waals surface area contributed by atoms with E-state index < -0.39 is 0 Å². The summed E-state index contributed by atoms with van der Waals surface area (Å²) in [5.41, 5.74) is 3.41. The lowest BCUT2D eigenvalue weighted by atomic mass is 9.98. The van der Waals surface area contributed by atoms with Crippen molar-refractivity contribution in [3.05, 3.63) is 65.5 Å². The van der Waals surface area contributed by atoms with Gasteiger partial charge in [-0.3, -0.25) is 4.79 Å². The molecule has 0 radical (unpaired) electrons. The number of carbonyl (C=O) groups is 1. The van der Waals surface area contributed by atoms with Crippen molar-refractivity contribution in [2.45, 2.75) is 38.5 Å². The van der Waals surface area contributed by atoms with Gasteiger partial charge >= 0.3 is 0 Å². The number of benzene rings is 2. The molecule has 1 aliphatic heterocycles. The number of piperidine rings is 1. The molecule has 28 heavy (non-hydrogen) atoms. The molecule has 0 bridgehead atoms. The van der Waals surface area contributed by atoms with E-state index >= 15 is 0 Å². The summed E-state index contributed by atoms with van der Waals surface area (Å²) in [5, 5.41) is 3.06. The predicted octanol–water partition coefficient (Wildman–Crippen LogP) is 5.17. The van der Waals surface area contributed by atoms with Crippen molar-refractivity contribution in [3.63, 3.8) is 0 Å². The van der Waals surface area contributed by atoms with Gasteiger partial charge in [-0.1, -0.05) is 31.2 Å². The van der Waals surface area contributed by atoms with E-state index in [0.29, 0.717) is 11.5 Å². The molecule has 2 aromatic rings. The average molecular weight is 401 g/mol. The molecule has 1 amide bonds. The van der Waals surface area contributed by atoms with E-state index in [9.17, 15) is 9.18 Å². The average Bonchev–Trinajstić information content (AvgIpc) is 2.70. The Bertz CT molecular complexity index is 755. The molecular weight excluding hydrogens is 371 g/mol. The minimum absolute atomic E-state index is 0.0191. The number of amides is 1. The third-order valence-electron chi connectivity index (χ3n) is 5.33. The maximum atomic E-state index is 12.9. The van der Waals surface area contributed by atoms with Crippen LogP contribution in [0.2, 0.25) is 0 Å². The van der Waals surface area contributed by atoms with Gasteiger partial charge in [0.1, 0.15) is 5.82 Å². The second-order valence-electron chi connectivity index (χ2n) is 7.67. The third kappa shape index (κ3) is 5.99. The highest BCUT2D eigenvalue weighted by Gasteiger charge is 2.16. The standard InChI is InChI=1S/C23H29FN2OS/c1-17-11-13-26(14-12-17)22-9-5-20(6-10-22)18(2)25-23(27)16-28-15-19-3-7-21(24)8-4-19/h3-10,17-18H,11-16H2,1-2H3,(H,25,27)/t18-/m0/s1. The van der Waals surface area contributed by atoms with Gasteiger partial charge in [0, 0.05) is 24.5 Å². The van der Waals surface area contributed by atoms with Crippen LogP contribution in [-0.2, 0) is 10.5 Å². The van der Waals surface area contributed by atoms with Crippen LogP contribution >= 0.6 is 11.8 Å². The van der Waals surface area contributed by atoms with Crippen LogP contribution in [-0.4, -0.2) is 24.7 Å². The molecule has 2 aromatic carbocycles. The van der Waals surface area contributed by atoms with Gasteiger partial charge in [-0.05, 0) is 61.1 Å². The van der Waals surface area contributed by atoms with Gasteiger partial charge in [0.25, 0.3) is 0 Å². The summed E-state index contributed by atoms with van der Waals surface area (Å²) in [7, 11) is 0. The van der Waals surface area contributed by atoms with Crippen LogP contribution in [0.25, 0.3) is 0 Å². The summed E-state index contributed by atoms with van der Waals surface area (Å²) >= 11 is 1.54. The first-order chi connectivity index (χ1) is 13.5. The Hall–Kier alpha value is -2.01. The SMILES string of the molecule is CC1CCN(c2ccc([C@H](C)NC(=O)CSCc3ccc(F)cc3)cc2)CC1. The Labute approximate surface area is 171 Å². The first-order valence-electron chi connectivity index (χ1n) is 9.97. The Kier molecular flexibility index (Phi) is 7.37. The number of nitrogens with zero attached hydrogens (tertiary/aromatic N) is 1. The molecule has 0 unspecified atom stereocenters. The molecule has 0 aliphatic carbocycles. The highest BCUT2D eigenvalue weighted by molar-refractivity contribution is 7.99. The third-order valence-corrected chi connectivity index (χ3v) is 6.34. The number of halogens is 1. The number of hydrogen-bond donors (Lipinski definition) is 1. The summed E-state index contributed by atoms with van der Waals surface area (Å²) in [6.45, 7) is 6.58. The quantitative estimate of drug-likeness (QED) is 0.696. The maximum Gasteiger partial charge on any atom is 0.230 e. The summed E-state index contributed by atoms with van der Waals surface area (Å²) in [6, 6.07) is 15.0. The minimum atomic E-state index is -0.235. The van der Waals surface area contributed by atoms with Crippen molar-refractivity contribution in [3.8, 4) is 0 Å². The van der Waals surface area contributed by atoms with Crippen molar-refractivity contribution < 1.29 is 9.18 Å². The predicted molar refractivity (Wildman–Crippen MR) is 116 cm³/mol. The van der Waals surface area contributed by atoms with Crippen molar-refractivity contribution in [2.24, 2.45) is 5.92 Å². The van der Waals surface area contributed by atoms with E-state index in [1.165, 1.54) is 42.4 Å². The van der Waals surface area contributed by atoms with E-state index in [-0.39, 0.29) is 17.8 Å². The second kappa shape index (κ2) is 9.97. The first kappa shape index (κ1) is 20.7. The van der Waals surface area contributed by atoms with Gasteiger partial charge < -0.3 is 10.2 Å². The van der Waals surface area contributed by atoms with Crippen LogP contribution in [0.4, 0.5) is 10.1 Å². The van der Waals surface area contributed by atoms with E-state index in [1.807, 2.05) is 6.92 Å². The Morgan fingerprint density at radius 1 is 1.14 bits per heavy atom.